The van der Waals surface area contributed by atoms with Crippen molar-refractivity contribution < 1.29 is 9.21 Å². The van der Waals surface area contributed by atoms with Crippen LogP contribution < -0.4 is 11.4 Å². The van der Waals surface area contributed by atoms with E-state index in [9.17, 15) is 9.59 Å². The molecule has 2 heterocycles. The minimum Gasteiger partial charge on any atom is -0.407 e. The van der Waals surface area contributed by atoms with E-state index in [1.54, 1.807) is 17.7 Å². The summed E-state index contributed by atoms with van der Waals surface area (Å²) < 4.78 is 10.6. The number of nitrogens with zero attached hydrogens (tertiary/aromatic N) is 3. The Morgan fingerprint density at radius 1 is 0.917 bits per heavy atom. The van der Waals surface area contributed by atoms with Crippen molar-refractivity contribution in [2.75, 3.05) is 0 Å². The highest BCUT2D eigenvalue weighted by Crippen LogP contribution is 2.31. The van der Waals surface area contributed by atoms with Gasteiger partial charge in [-0.1, -0.05) is 63.2 Å². The van der Waals surface area contributed by atoms with Gasteiger partial charge in [0.15, 0.2) is 11.4 Å². The number of carbonyl (C=O) groups is 1. The van der Waals surface area contributed by atoms with Gasteiger partial charge in [0.1, 0.15) is 0 Å². The van der Waals surface area contributed by atoms with Crippen LogP contribution >= 0.6 is 17.0 Å². The van der Waals surface area contributed by atoms with Crippen molar-refractivity contribution in [1.29, 1.82) is 5.41 Å². The molecule has 0 amide bonds. The first-order valence-electron chi connectivity index (χ1n) is 11.6. The van der Waals surface area contributed by atoms with Gasteiger partial charge in [-0.3, -0.25) is 14.8 Å². The Labute approximate surface area is 218 Å². The van der Waals surface area contributed by atoms with Gasteiger partial charge in [-0.15, -0.1) is 17.0 Å². The van der Waals surface area contributed by atoms with Gasteiger partial charge in [0.05, 0.1) is 29.6 Å². The lowest BCUT2D eigenvalue weighted by molar-refractivity contribution is 0.0971. The third kappa shape index (κ3) is 4.37. The number of oxazole rings is 1. The summed E-state index contributed by atoms with van der Waals surface area (Å²) in [6.07, 6.45) is 0. The Balaban J connectivity index is 0.00000304. The van der Waals surface area contributed by atoms with E-state index in [1.807, 2.05) is 86.0 Å². The summed E-state index contributed by atoms with van der Waals surface area (Å²) in [5.74, 6) is -0.589. The van der Waals surface area contributed by atoms with Gasteiger partial charge in [0.2, 0.25) is 5.62 Å². The fraction of sp³-hybridized carbons (Fsp3) is 0.250. The van der Waals surface area contributed by atoms with Crippen molar-refractivity contribution in [1.82, 2.24) is 13.7 Å². The molecule has 0 bridgehead atoms. The quantitative estimate of drug-likeness (QED) is 0.307. The molecule has 0 radical (unpaired) electrons. The Bertz CT molecular complexity index is 1700. The average molecular weight is 549 g/mol. The molecule has 0 saturated heterocycles. The van der Waals surface area contributed by atoms with Gasteiger partial charge >= 0.3 is 5.76 Å². The van der Waals surface area contributed by atoms with Crippen LogP contribution in [0.15, 0.2) is 75.9 Å². The van der Waals surface area contributed by atoms with Crippen LogP contribution in [0.4, 0.5) is 0 Å². The van der Waals surface area contributed by atoms with E-state index < -0.39 is 5.76 Å². The van der Waals surface area contributed by atoms with Crippen molar-refractivity contribution in [3.05, 3.63) is 99.6 Å². The highest BCUT2D eigenvalue weighted by atomic mass is 79.9. The maximum Gasteiger partial charge on any atom is 0.419 e. The topological polar surface area (TPSA) is 85.9 Å². The van der Waals surface area contributed by atoms with Crippen molar-refractivity contribution in [2.24, 2.45) is 7.05 Å². The van der Waals surface area contributed by atoms with Gasteiger partial charge < -0.3 is 13.6 Å². The highest BCUT2D eigenvalue weighted by Gasteiger charge is 2.24. The SMILES string of the molecule is Br.Cn1c(=O)oc2c(C(C)(C)C)cc(C(=O)Cn3c(=N)n(Cc4ccccc4)c4ccccc43)cc21. The minimum atomic E-state index is -0.457. The van der Waals surface area contributed by atoms with Crippen LogP contribution in [-0.4, -0.2) is 19.5 Å². The zero-order valence-electron chi connectivity index (χ0n) is 20.7. The molecule has 0 aliphatic carbocycles. The molecule has 0 aliphatic rings. The van der Waals surface area contributed by atoms with E-state index in [0.717, 1.165) is 22.2 Å². The lowest BCUT2D eigenvalue weighted by Gasteiger charge is -2.20. The summed E-state index contributed by atoms with van der Waals surface area (Å²) in [5, 5.41) is 8.90. The number of hydrogen-bond donors (Lipinski definition) is 1. The minimum absolute atomic E-state index is 0. The summed E-state index contributed by atoms with van der Waals surface area (Å²) in [6.45, 7) is 6.63. The largest absolute Gasteiger partial charge is 0.419 e. The normalized spacial score (nSPS) is 11.7. The van der Waals surface area contributed by atoms with Crippen molar-refractivity contribution in [3.8, 4) is 0 Å². The highest BCUT2D eigenvalue weighted by molar-refractivity contribution is 8.93. The predicted molar refractivity (Wildman–Crippen MR) is 146 cm³/mol. The average Bonchev–Trinajstić information content (AvgIpc) is 3.26. The fourth-order valence-corrected chi connectivity index (χ4v) is 4.56. The Hall–Kier alpha value is -3.65. The van der Waals surface area contributed by atoms with E-state index in [-0.39, 0.29) is 40.3 Å². The van der Waals surface area contributed by atoms with Gasteiger partial charge in [-0.2, -0.15) is 0 Å². The van der Waals surface area contributed by atoms with E-state index in [2.05, 4.69) is 0 Å². The number of hydrogen-bond acceptors (Lipinski definition) is 4. The molecule has 0 fully saturated rings. The summed E-state index contributed by atoms with van der Waals surface area (Å²) in [7, 11) is 1.64. The zero-order chi connectivity index (χ0) is 24.9. The number of benzene rings is 3. The molecular formula is C28H29BrN4O3. The maximum absolute atomic E-state index is 13.6. The summed E-state index contributed by atoms with van der Waals surface area (Å²) >= 11 is 0. The molecule has 7 nitrogen and oxygen atoms in total. The Morgan fingerprint density at radius 3 is 2.17 bits per heavy atom. The lowest BCUT2D eigenvalue weighted by atomic mass is 9.85. The summed E-state index contributed by atoms with van der Waals surface area (Å²) in [6, 6.07) is 21.3. The third-order valence-electron chi connectivity index (χ3n) is 6.48. The van der Waals surface area contributed by atoms with Crippen molar-refractivity contribution in [2.45, 2.75) is 39.3 Å². The monoisotopic (exact) mass is 548 g/mol. The molecule has 1 N–H and O–H groups in total. The number of aromatic nitrogens is 3. The molecule has 0 saturated carbocycles. The number of ketones is 1. The number of nitrogens with one attached hydrogen (secondary N) is 1. The first-order chi connectivity index (χ1) is 16.6. The Kier molecular flexibility index (Phi) is 6.66. The molecule has 0 aliphatic heterocycles. The molecule has 2 aromatic heterocycles. The molecular weight excluding hydrogens is 520 g/mol. The lowest BCUT2D eigenvalue weighted by Crippen LogP contribution is -2.28. The number of fused-ring (bicyclic) bond motifs is 2. The standard InChI is InChI=1S/C28H28N4O3.BrH/c1-28(2,3)20-14-19(15-23-25(20)35-27(34)30(23)4)24(33)17-32-22-13-9-8-12-21(22)31(26(32)29)16-18-10-6-5-7-11-18;/h5-15,29H,16-17H2,1-4H3;1H. The molecule has 5 aromatic rings. The first kappa shape index (κ1) is 25.4. The van der Waals surface area contributed by atoms with Crippen LogP contribution in [0.2, 0.25) is 0 Å². The zero-order valence-corrected chi connectivity index (χ0v) is 22.5. The van der Waals surface area contributed by atoms with Gasteiger partial charge in [0.25, 0.3) is 0 Å². The summed E-state index contributed by atoms with van der Waals surface area (Å²) in [5.41, 5.74) is 5.14. The summed E-state index contributed by atoms with van der Waals surface area (Å²) in [4.78, 5) is 25.8. The second-order valence-electron chi connectivity index (χ2n) is 9.94. The molecule has 0 unspecified atom stereocenters. The van der Waals surface area contributed by atoms with E-state index >= 15 is 0 Å². The van der Waals surface area contributed by atoms with Crippen LogP contribution in [0.5, 0.6) is 0 Å². The second-order valence-corrected chi connectivity index (χ2v) is 9.94. The fourth-order valence-electron chi connectivity index (χ4n) is 4.56. The number of carbonyl (C=O) groups excluding carboxylic acids is 1. The van der Waals surface area contributed by atoms with Gasteiger partial charge in [-0.25, -0.2) is 4.79 Å². The number of imidazole rings is 1. The van der Waals surface area contributed by atoms with E-state index in [1.165, 1.54) is 4.57 Å². The van der Waals surface area contributed by atoms with Gasteiger partial charge in [0, 0.05) is 18.2 Å². The van der Waals surface area contributed by atoms with Crippen LogP contribution in [0.1, 0.15) is 42.3 Å². The van der Waals surface area contributed by atoms with Gasteiger partial charge in [-0.05, 0) is 35.2 Å². The predicted octanol–water partition coefficient (Wildman–Crippen LogP) is 5.17. The number of para-hydroxylation sites is 2. The van der Waals surface area contributed by atoms with Crippen molar-refractivity contribution in [3.63, 3.8) is 0 Å². The van der Waals surface area contributed by atoms with Crippen LogP contribution in [-0.2, 0) is 25.6 Å². The van der Waals surface area contributed by atoms with Crippen LogP contribution in [0, 0.1) is 5.41 Å². The number of halogens is 1. The smallest absolute Gasteiger partial charge is 0.407 e. The molecule has 8 heteroatoms. The molecule has 5 rings (SSSR count). The number of rotatable bonds is 5. The van der Waals surface area contributed by atoms with Crippen LogP contribution in [0.25, 0.3) is 22.1 Å². The maximum atomic E-state index is 13.6. The molecule has 36 heavy (non-hydrogen) atoms. The van der Waals surface area contributed by atoms with E-state index in [0.29, 0.717) is 23.2 Å². The number of Topliss-reactive ketones (excluding diaryl/α,β-unsaturated/α-hetero) is 1. The van der Waals surface area contributed by atoms with Crippen molar-refractivity contribution >= 4 is 44.9 Å². The third-order valence-corrected chi connectivity index (χ3v) is 6.48. The molecule has 0 atom stereocenters. The molecule has 3 aromatic carbocycles. The van der Waals surface area contributed by atoms with Crippen LogP contribution in [0.3, 0.4) is 0 Å². The first-order valence-corrected chi connectivity index (χ1v) is 11.6. The number of aryl methyl sites for hydroxylation is 1. The van der Waals surface area contributed by atoms with E-state index in [4.69, 9.17) is 9.83 Å². The second kappa shape index (κ2) is 9.43. The molecule has 0 spiro atoms. The Morgan fingerprint density at radius 2 is 1.53 bits per heavy atom. The molecule has 186 valence electrons.